The molecule has 5 nitrogen and oxygen atoms in total. The highest BCUT2D eigenvalue weighted by Gasteiger charge is 2.25. The third-order valence-corrected chi connectivity index (χ3v) is 3.09. The Kier molecular flexibility index (Phi) is 7.16. The van der Waals surface area contributed by atoms with Gasteiger partial charge in [0.15, 0.2) is 0 Å². The van der Waals surface area contributed by atoms with Crippen molar-refractivity contribution in [3.05, 3.63) is 42.5 Å². The monoisotopic (exact) mass is 304 g/mol. The second-order valence-corrected chi connectivity index (χ2v) is 5.16. The van der Waals surface area contributed by atoms with Crippen molar-refractivity contribution in [2.45, 2.75) is 26.8 Å². The molecule has 22 heavy (non-hydrogen) atoms. The van der Waals surface area contributed by atoms with Crippen molar-refractivity contribution < 1.29 is 14.3 Å². The molecule has 1 aromatic rings. The Balaban J connectivity index is 2.87. The number of hydrogen-bond donors (Lipinski definition) is 2. The molecule has 1 rings (SSSR count). The highest BCUT2D eigenvalue weighted by molar-refractivity contribution is 5.99. The molecule has 0 saturated carbocycles. The van der Waals surface area contributed by atoms with E-state index in [1.807, 2.05) is 20.8 Å². The number of nitrogens with one attached hydrogen (secondary N) is 2. The van der Waals surface area contributed by atoms with Gasteiger partial charge in [-0.25, -0.2) is 0 Å². The van der Waals surface area contributed by atoms with E-state index in [-0.39, 0.29) is 17.7 Å². The zero-order valence-corrected chi connectivity index (χ0v) is 13.4. The summed E-state index contributed by atoms with van der Waals surface area (Å²) in [7, 11) is 0. The smallest absolute Gasteiger partial charge is 0.255 e. The van der Waals surface area contributed by atoms with E-state index in [0.717, 1.165) is 0 Å². The van der Waals surface area contributed by atoms with E-state index in [1.165, 1.54) is 0 Å². The Bertz CT molecular complexity index is 526. The first-order valence-electron chi connectivity index (χ1n) is 7.42. The van der Waals surface area contributed by atoms with Crippen LogP contribution in [0, 0.1) is 5.92 Å². The number of hydrogen-bond acceptors (Lipinski definition) is 3. The maximum absolute atomic E-state index is 12.4. The highest BCUT2D eigenvalue weighted by Crippen LogP contribution is 2.18. The Morgan fingerprint density at radius 1 is 1.32 bits per heavy atom. The van der Waals surface area contributed by atoms with E-state index in [9.17, 15) is 9.59 Å². The summed E-state index contributed by atoms with van der Waals surface area (Å²) >= 11 is 0. The molecule has 0 aliphatic carbocycles. The van der Waals surface area contributed by atoms with Gasteiger partial charge < -0.3 is 15.4 Å². The lowest BCUT2D eigenvalue weighted by Gasteiger charge is -2.22. The van der Waals surface area contributed by atoms with Crippen LogP contribution in [-0.2, 0) is 4.79 Å². The van der Waals surface area contributed by atoms with Gasteiger partial charge in [0, 0.05) is 6.54 Å². The quantitative estimate of drug-likeness (QED) is 0.723. The molecule has 0 unspecified atom stereocenters. The first-order chi connectivity index (χ1) is 10.5. The van der Waals surface area contributed by atoms with E-state index in [1.54, 1.807) is 30.3 Å². The van der Waals surface area contributed by atoms with Crippen molar-refractivity contribution in [2.24, 2.45) is 5.92 Å². The molecule has 0 fully saturated rings. The molecular weight excluding hydrogens is 280 g/mol. The van der Waals surface area contributed by atoms with Gasteiger partial charge in [-0.2, -0.15) is 0 Å². The Labute approximate surface area is 131 Å². The average Bonchev–Trinajstić information content (AvgIpc) is 2.50. The number of ether oxygens (including phenoxy) is 1. The third-order valence-electron chi connectivity index (χ3n) is 3.09. The van der Waals surface area contributed by atoms with Gasteiger partial charge in [-0.3, -0.25) is 9.59 Å². The molecule has 0 aliphatic heterocycles. The van der Waals surface area contributed by atoms with Crippen molar-refractivity contribution in [1.82, 2.24) is 10.6 Å². The molecule has 0 radical (unpaired) electrons. The predicted octanol–water partition coefficient (Wildman–Crippen LogP) is 2.14. The second-order valence-electron chi connectivity index (χ2n) is 5.16. The van der Waals surface area contributed by atoms with Gasteiger partial charge in [0.25, 0.3) is 5.91 Å². The van der Waals surface area contributed by atoms with Gasteiger partial charge in [-0.15, -0.1) is 6.58 Å². The van der Waals surface area contributed by atoms with Crippen molar-refractivity contribution >= 4 is 11.8 Å². The van der Waals surface area contributed by atoms with E-state index in [2.05, 4.69) is 17.2 Å². The first-order valence-corrected chi connectivity index (χ1v) is 7.42. The molecule has 0 bridgehead atoms. The molecule has 1 atom stereocenters. The molecule has 5 heteroatoms. The van der Waals surface area contributed by atoms with Crippen LogP contribution in [-0.4, -0.2) is 31.0 Å². The highest BCUT2D eigenvalue weighted by atomic mass is 16.5. The van der Waals surface area contributed by atoms with E-state index in [0.29, 0.717) is 24.5 Å². The van der Waals surface area contributed by atoms with Gasteiger partial charge >= 0.3 is 0 Å². The van der Waals surface area contributed by atoms with Crippen LogP contribution in [0.3, 0.4) is 0 Å². The van der Waals surface area contributed by atoms with Gasteiger partial charge in [-0.1, -0.05) is 32.1 Å². The number of carbonyl (C=O) groups is 2. The fourth-order valence-corrected chi connectivity index (χ4v) is 1.97. The van der Waals surface area contributed by atoms with Crippen LogP contribution >= 0.6 is 0 Å². The number of rotatable bonds is 8. The van der Waals surface area contributed by atoms with Crippen LogP contribution in [0.25, 0.3) is 0 Å². The SMILES string of the molecule is C=CCNC(=O)[C@@H](NC(=O)c1ccccc1OCC)C(C)C. The lowest BCUT2D eigenvalue weighted by molar-refractivity contribution is -0.123. The van der Waals surface area contributed by atoms with Crippen LogP contribution in [0.15, 0.2) is 36.9 Å². The standard InChI is InChI=1S/C17H24N2O3/c1-5-11-18-17(21)15(12(3)4)19-16(20)13-9-7-8-10-14(13)22-6-2/h5,7-10,12,15H,1,6,11H2,2-4H3,(H,18,21)(H,19,20)/t15-/m0/s1. The molecule has 0 aromatic heterocycles. The molecular formula is C17H24N2O3. The summed E-state index contributed by atoms with van der Waals surface area (Å²) in [6.45, 7) is 10.0. The third kappa shape index (κ3) is 4.91. The van der Waals surface area contributed by atoms with Gasteiger partial charge in [0.1, 0.15) is 11.8 Å². The average molecular weight is 304 g/mol. The summed E-state index contributed by atoms with van der Waals surface area (Å²) in [5, 5.41) is 5.48. The lowest BCUT2D eigenvalue weighted by Crippen LogP contribution is -2.49. The van der Waals surface area contributed by atoms with E-state index < -0.39 is 6.04 Å². The molecule has 0 saturated heterocycles. The minimum atomic E-state index is -0.609. The van der Waals surface area contributed by atoms with Gasteiger partial charge in [0.2, 0.25) is 5.91 Å². The minimum absolute atomic E-state index is 0.0342. The summed E-state index contributed by atoms with van der Waals surface area (Å²) in [5.41, 5.74) is 0.423. The number of para-hydroxylation sites is 1. The fourth-order valence-electron chi connectivity index (χ4n) is 1.97. The van der Waals surface area contributed by atoms with Crippen molar-refractivity contribution in [3.8, 4) is 5.75 Å². The van der Waals surface area contributed by atoms with Crippen LogP contribution in [0.1, 0.15) is 31.1 Å². The van der Waals surface area contributed by atoms with Crippen LogP contribution in [0.4, 0.5) is 0 Å². The molecule has 2 amide bonds. The molecule has 1 aromatic carbocycles. The topological polar surface area (TPSA) is 67.4 Å². The minimum Gasteiger partial charge on any atom is -0.493 e. The summed E-state index contributed by atoms with van der Waals surface area (Å²) < 4.78 is 5.45. The Morgan fingerprint density at radius 3 is 2.59 bits per heavy atom. The zero-order valence-electron chi connectivity index (χ0n) is 13.4. The van der Waals surface area contributed by atoms with E-state index >= 15 is 0 Å². The normalized spacial score (nSPS) is 11.6. The largest absolute Gasteiger partial charge is 0.493 e. The van der Waals surface area contributed by atoms with Crippen molar-refractivity contribution in [3.63, 3.8) is 0 Å². The van der Waals surface area contributed by atoms with Crippen LogP contribution in [0.2, 0.25) is 0 Å². The van der Waals surface area contributed by atoms with Gasteiger partial charge in [-0.05, 0) is 25.0 Å². The molecule has 0 aliphatic rings. The van der Waals surface area contributed by atoms with Crippen molar-refractivity contribution in [2.75, 3.05) is 13.2 Å². The predicted molar refractivity (Wildman–Crippen MR) is 86.9 cm³/mol. The summed E-state index contributed by atoms with van der Waals surface area (Å²) in [6.07, 6.45) is 1.60. The molecule has 120 valence electrons. The summed E-state index contributed by atoms with van der Waals surface area (Å²) in [4.78, 5) is 24.6. The van der Waals surface area contributed by atoms with Crippen LogP contribution < -0.4 is 15.4 Å². The Hall–Kier alpha value is -2.30. The maximum Gasteiger partial charge on any atom is 0.255 e. The molecule has 0 spiro atoms. The second kappa shape index (κ2) is 8.87. The number of amides is 2. The fraction of sp³-hybridized carbons (Fsp3) is 0.412. The summed E-state index contributed by atoms with van der Waals surface area (Å²) in [6, 6.07) is 6.38. The number of benzene rings is 1. The number of carbonyl (C=O) groups excluding carboxylic acids is 2. The lowest BCUT2D eigenvalue weighted by atomic mass is 10.0. The first kappa shape index (κ1) is 17.8. The van der Waals surface area contributed by atoms with Gasteiger partial charge in [0.05, 0.1) is 12.2 Å². The van der Waals surface area contributed by atoms with Crippen LogP contribution in [0.5, 0.6) is 5.75 Å². The molecule has 2 N–H and O–H groups in total. The van der Waals surface area contributed by atoms with Crippen molar-refractivity contribution in [1.29, 1.82) is 0 Å². The Morgan fingerprint density at radius 2 is 2.00 bits per heavy atom. The zero-order chi connectivity index (χ0) is 16.5. The molecule has 0 heterocycles. The maximum atomic E-state index is 12.4. The summed E-state index contributed by atoms with van der Waals surface area (Å²) in [5.74, 6) is -0.0711. The van der Waals surface area contributed by atoms with E-state index in [4.69, 9.17) is 4.74 Å².